The van der Waals surface area contributed by atoms with Crippen LogP contribution in [-0.4, -0.2) is 11.1 Å². The monoisotopic (exact) mass is 239 g/mol. The summed E-state index contributed by atoms with van der Waals surface area (Å²) < 4.78 is 24.9. The molecule has 0 aliphatic rings. The molecule has 5 heteroatoms. The third kappa shape index (κ3) is 3.83. The average Bonchev–Trinajstić information content (AvgIpc) is 2.26. The lowest BCUT2D eigenvalue weighted by Crippen LogP contribution is -2.05. The molecule has 0 aliphatic carbocycles. The zero-order valence-corrected chi connectivity index (χ0v) is 8.99. The van der Waals surface area contributed by atoms with Gasteiger partial charge >= 0.3 is 5.97 Å². The highest BCUT2D eigenvalue weighted by molar-refractivity contribution is 5.70. The summed E-state index contributed by atoms with van der Waals surface area (Å²) in [6.45, 7) is 0. The molecule has 1 N–H and O–H groups in total. The number of rotatable bonds is 5. The first-order valence-electron chi connectivity index (χ1n) is 5.03. The number of alkyl halides is 2. The van der Waals surface area contributed by atoms with Crippen molar-refractivity contribution in [2.45, 2.75) is 25.7 Å². The van der Waals surface area contributed by atoms with Gasteiger partial charge in [-0.25, -0.2) is 8.78 Å². The normalized spacial score (nSPS) is 10.2. The Labute approximate surface area is 97.3 Å². The maximum absolute atomic E-state index is 12.5. The number of hydrogen-bond acceptors (Lipinski definition) is 2. The molecule has 3 nitrogen and oxygen atoms in total. The summed E-state index contributed by atoms with van der Waals surface area (Å²) in [7, 11) is 0. The predicted molar refractivity (Wildman–Crippen MR) is 56.7 cm³/mol. The summed E-state index contributed by atoms with van der Waals surface area (Å²) in [6, 6.07) is 5.87. The molecule has 1 rings (SSSR count). The van der Waals surface area contributed by atoms with Gasteiger partial charge in [0.05, 0.1) is 12.5 Å². The second-order valence-electron chi connectivity index (χ2n) is 3.56. The molecule has 0 heterocycles. The zero-order valence-electron chi connectivity index (χ0n) is 8.99. The number of carboxylic acids is 1. The second kappa shape index (κ2) is 5.94. The van der Waals surface area contributed by atoms with Crippen molar-refractivity contribution in [2.24, 2.45) is 0 Å². The standard InChI is InChI=1S/C12H11F2NO2/c13-12(14)9-4-3-8(2-1-5-15)10(6-9)7-11(16)17/h3-4,6,12H,1-2,7H2,(H,16,17). The van der Waals surface area contributed by atoms with E-state index in [1.807, 2.05) is 6.07 Å². The van der Waals surface area contributed by atoms with Gasteiger partial charge in [0.15, 0.2) is 0 Å². The Hall–Kier alpha value is -1.96. The van der Waals surface area contributed by atoms with E-state index in [4.69, 9.17) is 10.4 Å². The van der Waals surface area contributed by atoms with Gasteiger partial charge in [0, 0.05) is 12.0 Å². The van der Waals surface area contributed by atoms with Gasteiger partial charge in [-0.05, 0) is 23.6 Å². The van der Waals surface area contributed by atoms with Gasteiger partial charge in [-0.3, -0.25) is 4.79 Å². The van der Waals surface area contributed by atoms with Crippen molar-refractivity contribution in [3.63, 3.8) is 0 Å². The topological polar surface area (TPSA) is 61.1 Å². The Bertz CT molecular complexity index is 452. The summed E-state index contributed by atoms with van der Waals surface area (Å²) in [5.41, 5.74) is 0.797. The molecule has 0 amide bonds. The van der Waals surface area contributed by atoms with Gasteiger partial charge < -0.3 is 5.11 Å². The Morgan fingerprint density at radius 2 is 2.12 bits per heavy atom. The van der Waals surface area contributed by atoms with E-state index in [0.29, 0.717) is 17.5 Å². The predicted octanol–water partition coefficient (Wildman–Crippen LogP) is 2.71. The molecule has 0 aromatic heterocycles. The minimum atomic E-state index is -2.62. The number of aliphatic carboxylic acids is 1. The van der Waals surface area contributed by atoms with Crippen LogP contribution in [0, 0.1) is 11.3 Å². The molecule has 0 radical (unpaired) electrons. The largest absolute Gasteiger partial charge is 0.481 e. The van der Waals surface area contributed by atoms with Crippen LogP contribution >= 0.6 is 0 Å². The van der Waals surface area contributed by atoms with Crippen LogP contribution in [-0.2, 0) is 17.6 Å². The molecule has 17 heavy (non-hydrogen) atoms. The number of carboxylic acid groups (broad SMARTS) is 1. The molecule has 0 fully saturated rings. The van der Waals surface area contributed by atoms with E-state index in [2.05, 4.69) is 0 Å². The number of nitriles is 1. The first-order valence-corrected chi connectivity index (χ1v) is 5.03. The molecule has 0 atom stereocenters. The third-order valence-corrected chi connectivity index (χ3v) is 2.33. The molecule has 90 valence electrons. The van der Waals surface area contributed by atoms with Crippen LogP contribution in [0.2, 0.25) is 0 Å². The van der Waals surface area contributed by atoms with E-state index in [1.165, 1.54) is 18.2 Å². The third-order valence-electron chi connectivity index (χ3n) is 2.33. The van der Waals surface area contributed by atoms with Gasteiger partial charge in [-0.15, -0.1) is 0 Å². The Morgan fingerprint density at radius 3 is 2.65 bits per heavy atom. The maximum atomic E-state index is 12.5. The van der Waals surface area contributed by atoms with Gasteiger partial charge in [0.2, 0.25) is 0 Å². The molecule has 0 unspecified atom stereocenters. The SMILES string of the molecule is N#CCCc1ccc(C(F)F)cc1CC(=O)O. The Kier molecular flexibility index (Phi) is 4.58. The highest BCUT2D eigenvalue weighted by atomic mass is 19.3. The fourth-order valence-corrected chi connectivity index (χ4v) is 1.54. The minimum absolute atomic E-state index is 0.193. The number of aryl methyl sites for hydroxylation is 1. The summed E-state index contributed by atoms with van der Waals surface area (Å²) in [4.78, 5) is 10.6. The van der Waals surface area contributed by atoms with E-state index in [1.54, 1.807) is 0 Å². The second-order valence-corrected chi connectivity index (χ2v) is 3.56. The van der Waals surface area contributed by atoms with Gasteiger partial charge in [-0.2, -0.15) is 5.26 Å². The van der Waals surface area contributed by atoms with Crippen LogP contribution in [0.4, 0.5) is 8.78 Å². The fourth-order valence-electron chi connectivity index (χ4n) is 1.54. The van der Waals surface area contributed by atoms with Crippen molar-refractivity contribution < 1.29 is 18.7 Å². The summed E-state index contributed by atoms with van der Waals surface area (Å²) in [5.74, 6) is -1.07. The van der Waals surface area contributed by atoms with E-state index in [-0.39, 0.29) is 18.4 Å². The van der Waals surface area contributed by atoms with Crippen molar-refractivity contribution in [3.8, 4) is 6.07 Å². The minimum Gasteiger partial charge on any atom is -0.481 e. The molecule has 0 saturated heterocycles. The first kappa shape index (κ1) is 13.1. The van der Waals surface area contributed by atoms with Crippen LogP contribution in [0.15, 0.2) is 18.2 Å². The fraction of sp³-hybridized carbons (Fsp3) is 0.333. The summed E-state index contributed by atoms with van der Waals surface area (Å²) in [6.07, 6.45) is -2.31. The van der Waals surface area contributed by atoms with Crippen molar-refractivity contribution in [1.82, 2.24) is 0 Å². The van der Waals surface area contributed by atoms with Crippen LogP contribution in [0.1, 0.15) is 29.5 Å². The van der Waals surface area contributed by atoms with Gasteiger partial charge in [-0.1, -0.05) is 12.1 Å². The lowest BCUT2D eigenvalue weighted by atomic mass is 9.98. The van der Waals surface area contributed by atoms with Gasteiger partial charge in [0.1, 0.15) is 0 Å². The van der Waals surface area contributed by atoms with Crippen molar-refractivity contribution in [2.75, 3.05) is 0 Å². The quantitative estimate of drug-likeness (QED) is 0.859. The highest BCUT2D eigenvalue weighted by Gasteiger charge is 2.12. The molecule has 0 saturated carbocycles. The average molecular weight is 239 g/mol. The number of halogens is 2. The number of benzene rings is 1. The van der Waals surface area contributed by atoms with E-state index in [0.717, 1.165) is 0 Å². The van der Waals surface area contributed by atoms with E-state index in [9.17, 15) is 13.6 Å². The smallest absolute Gasteiger partial charge is 0.307 e. The lowest BCUT2D eigenvalue weighted by Gasteiger charge is -2.09. The highest BCUT2D eigenvalue weighted by Crippen LogP contribution is 2.23. The Morgan fingerprint density at radius 1 is 1.41 bits per heavy atom. The summed E-state index contributed by atoms with van der Waals surface area (Å²) >= 11 is 0. The summed E-state index contributed by atoms with van der Waals surface area (Å²) in [5, 5.41) is 17.2. The molecule has 0 bridgehead atoms. The van der Waals surface area contributed by atoms with Crippen molar-refractivity contribution >= 4 is 5.97 Å². The molecule has 0 aliphatic heterocycles. The van der Waals surface area contributed by atoms with Crippen molar-refractivity contribution in [3.05, 3.63) is 34.9 Å². The molecule has 0 spiro atoms. The van der Waals surface area contributed by atoms with Crippen LogP contribution in [0.5, 0.6) is 0 Å². The number of hydrogen-bond donors (Lipinski definition) is 1. The van der Waals surface area contributed by atoms with E-state index < -0.39 is 12.4 Å². The Balaban J connectivity index is 3.03. The van der Waals surface area contributed by atoms with Gasteiger partial charge in [0.25, 0.3) is 6.43 Å². The number of carbonyl (C=O) groups is 1. The molecular formula is C12H11F2NO2. The zero-order chi connectivity index (χ0) is 12.8. The first-order chi connectivity index (χ1) is 8.04. The van der Waals surface area contributed by atoms with Crippen LogP contribution < -0.4 is 0 Å². The van der Waals surface area contributed by atoms with Crippen molar-refractivity contribution in [1.29, 1.82) is 5.26 Å². The van der Waals surface area contributed by atoms with Crippen LogP contribution in [0.25, 0.3) is 0 Å². The van der Waals surface area contributed by atoms with E-state index >= 15 is 0 Å². The number of nitrogens with zero attached hydrogens (tertiary/aromatic N) is 1. The maximum Gasteiger partial charge on any atom is 0.307 e. The molecular weight excluding hydrogens is 228 g/mol. The molecule has 1 aromatic carbocycles. The lowest BCUT2D eigenvalue weighted by molar-refractivity contribution is -0.136. The molecule has 1 aromatic rings. The van der Waals surface area contributed by atoms with Crippen LogP contribution in [0.3, 0.4) is 0 Å².